The zero-order valence-corrected chi connectivity index (χ0v) is 10.5. The van der Waals surface area contributed by atoms with Gasteiger partial charge in [-0.2, -0.15) is 0 Å². The van der Waals surface area contributed by atoms with E-state index in [1.165, 1.54) is 0 Å². The van der Waals surface area contributed by atoms with Crippen LogP contribution in [0.1, 0.15) is 37.3 Å². The van der Waals surface area contributed by atoms with Gasteiger partial charge in [0.1, 0.15) is 0 Å². The number of rotatable bonds is 4. The molecule has 1 aromatic rings. The lowest BCUT2D eigenvalue weighted by atomic mass is 9.93. The van der Waals surface area contributed by atoms with Gasteiger partial charge in [-0.25, -0.2) is 0 Å². The molecule has 2 atom stereocenters. The summed E-state index contributed by atoms with van der Waals surface area (Å²) in [6.45, 7) is 5.76. The quantitative estimate of drug-likeness (QED) is 0.454. The summed E-state index contributed by atoms with van der Waals surface area (Å²) in [6.07, 6.45) is 0.799. The Kier molecular flexibility index (Phi) is 4.30. The third-order valence-electron chi connectivity index (χ3n) is 2.81. The molecule has 3 nitrogen and oxygen atoms in total. The minimum atomic E-state index is -0.335. The summed E-state index contributed by atoms with van der Waals surface area (Å²) in [5, 5.41) is 10.9. The van der Waals surface area contributed by atoms with E-state index in [4.69, 9.17) is 11.6 Å². The number of aryl methyl sites for hydroxylation is 1. The van der Waals surface area contributed by atoms with Crippen LogP contribution in [0.15, 0.2) is 18.2 Å². The fourth-order valence-corrected chi connectivity index (χ4v) is 1.88. The molecule has 88 valence electrons. The van der Waals surface area contributed by atoms with Crippen LogP contribution in [0.5, 0.6) is 0 Å². The molecule has 4 heteroatoms. The van der Waals surface area contributed by atoms with Gasteiger partial charge in [-0.05, 0) is 18.9 Å². The highest BCUT2D eigenvalue weighted by Crippen LogP contribution is 2.32. The second kappa shape index (κ2) is 5.30. The lowest BCUT2D eigenvalue weighted by Gasteiger charge is -2.16. The highest BCUT2D eigenvalue weighted by atomic mass is 35.5. The van der Waals surface area contributed by atoms with Crippen LogP contribution in [0, 0.1) is 17.0 Å². The van der Waals surface area contributed by atoms with Crippen molar-refractivity contribution >= 4 is 17.3 Å². The number of hydrogen-bond acceptors (Lipinski definition) is 2. The first-order valence-corrected chi connectivity index (χ1v) is 5.80. The summed E-state index contributed by atoms with van der Waals surface area (Å²) < 4.78 is 0. The third kappa shape index (κ3) is 2.73. The van der Waals surface area contributed by atoms with Crippen molar-refractivity contribution in [3.63, 3.8) is 0 Å². The average molecular weight is 242 g/mol. The monoisotopic (exact) mass is 241 g/mol. The molecule has 0 aromatic heterocycles. The Labute approximate surface area is 101 Å². The second-order valence-corrected chi connectivity index (χ2v) is 4.59. The summed E-state index contributed by atoms with van der Waals surface area (Å²) in [5.41, 5.74) is 1.79. The molecule has 1 rings (SSSR count). The summed E-state index contributed by atoms with van der Waals surface area (Å²) in [6, 6.07) is 5.30. The van der Waals surface area contributed by atoms with Gasteiger partial charge in [0.25, 0.3) is 5.69 Å². The number of nitro benzene ring substituents is 1. The molecule has 0 radical (unpaired) electrons. The SMILES string of the molecule is CCC(Cl)C(C)c1ccc(C)cc1[N+](=O)[O-]. The summed E-state index contributed by atoms with van der Waals surface area (Å²) in [7, 11) is 0. The smallest absolute Gasteiger partial charge is 0.258 e. The van der Waals surface area contributed by atoms with Gasteiger partial charge in [-0.15, -0.1) is 11.6 Å². The molecule has 0 saturated heterocycles. The first kappa shape index (κ1) is 13.0. The van der Waals surface area contributed by atoms with Gasteiger partial charge < -0.3 is 0 Å². The summed E-state index contributed by atoms with van der Waals surface area (Å²) >= 11 is 6.14. The van der Waals surface area contributed by atoms with Crippen molar-refractivity contribution in [3.05, 3.63) is 39.4 Å². The zero-order valence-electron chi connectivity index (χ0n) is 9.74. The largest absolute Gasteiger partial charge is 0.273 e. The van der Waals surface area contributed by atoms with Crippen molar-refractivity contribution in [3.8, 4) is 0 Å². The van der Waals surface area contributed by atoms with Crippen LogP contribution in [-0.4, -0.2) is 10.3 Å². The highest BCUT2D eigenvalue weighted by molar-refractivity contribution is 6.21. The van der Waals surface area contributed by atoms with Gasteiger partial charge in [0, 0.05) is 22.9 Å². The molecule has 0 aliphatic heterocycles. The molecule has 0 saturated carbocycles. The first-order valence-electron chi connectivity index (χ1n) is 5.36. The van der Waals surface area contributed by atoms with Gasteiger partial charge in [0.15, 0.2) is 0 Å². The van der Waals surface area contributed by atoms with Crippen molar-refractivity contribution in [1.82, 2.24) is 0 Å². The molecular weight excluding hydrogens is 226 g/mol. The van der Waals surface area contributed by atoms with Gasteiger partial charge in [0.05, 0.1) is 4.92 Å². The second-order valence-electron chi connectivity index (χ2n) is 4.03. The lowest BCUT2D eigenvalue weighted by Crippen LogP contribution is -2.10. The Bertz CT molecular complexity index is 393. The van der Waals surface area contributed by atoms with Crippen molar-refractivity contribution in [2.24, 2.45) is 0 Å². The average Bonchev–Trinajstić information content (AvgIpc) is 2.26. The minimum absolute atomic E-state index is 0.00679. The van der Waals surface area contributed by atoms with Crippen molar-refractivity contribution in [1.29, 1.82) is 0 Å². The van der Waals surface area contributed by atoms with Crippen LogP contribution in [0.3, 0.4) is 0 Å². The maximum Gasteiger partial charge on any atom is 0.273 e. The minimum Gasteiger partial charge on any atom is -0.258 e. The van der Waals surface area contributed by atoms with Gasteiger partial charge in [0.2, 0.25) is 0 Å². The molecule has 2 unspecified atom stereocenters. The van der Waals surface area contributed by atoms with Crippen LogP contribution in [0.25, 0.3) is 0 Å². The Balaban J connectivity index is 3.17. The Morgan fingerprint density at radius 3 is 2.62 bits per heavy atom. The predicted molar refractivity (Wildman–Crippen MR) is 66.2 cm³/mol. The lowest BCUT2D eigenvalue weighted by molar-refractivity contribution is -0.385. The van der Waals surface area contributed by atoms with E-state index in [1.54, 1.807) is 6.07 Å². The van der Waals surface area contributed by atoms with E-state index in [0.29, 0.717) is 0 Å². The fourth-order valence-electron chi connectivity index (χ4n) is 1.75. The van der Waals surface area contributed by atoms with E-state index >= 15 is 0 Å². The predicted octanol–water partition coefficient (Wildman–Crippen LogP) is 4.02. The van der Waals surface area contributed by atoms with E-state index < -0.39 is 0 Å². The maximum absolute atomic E-state index is 11.0. The normalized spacial score (nSPS) is 14.5. The standard InChI is InChI=1S/C12H16ClNO2/c1-4-11(13)9(3)10-6-5-8(2)7-12(10)14(15)16/h5-7,9,11H,4H2,1-3H3. The fraction of sp³-hybridized carbons (Fsp3) is 0.500. The van der Waals surface area contributed by atoms with E-state index in [-0.39, 0.29) is 21.9 Å². The molecule has 0 aliphatic carbocycles. The molecule has 0 N–H and O–H groups in total. The molecule has 0 bridgehead atoms. The molecule has 0 fully saturated rings. The van der Waals surface area contributed by atoms with E-state index in [9.17, 15) is 10.1 Å². The Morgan fingerprint density at radius 2 is 2.12 bits per heavy atom. The molecular formula is C12H16ClNO2. The Morgan fingerprint density at radius 1 is 1.50 bits per heavy atom. The van der Waals surface area contributed by atoms with Crippen LogP contribution in [0.2, 0.25) is 0 Å². The maximum atomic E-state index is 11.0. The van der Waals surface area contributed by atoms with Gasteiger partial charge in [-0.1, -0.05) is 26.0 Å². The number of halogens is 1. The molecule has 16 heavy (non-hydrogen) atoms. The van der Waals surface area contributed by atoms with E-state index in [1.807, 2.05) is 32.9 Å². The molecule has 0 amide bonds. The van der Waals surface area contributed by atoms with E-state index in [0.717, 1.165) is 17.5 Å². The van der Waals surface area contributed by atoms with Crippen molar-refractivity contribution in [2.45, 2.75) is 38.5 Å². The highest BCUT2D eigenvalue weighted by Gasteiger charge is 2.23. The van der Waals surface area contributed by atoms with Crippen LogP contribution in [0.4, 0.5) is 5.69 Å². The third-order valence-corrected chi connectivity index (χ3v) is 3.49. The van der Waals surface area contributed by atoms with E-state index in [2.05, 4.69) is 0 Å². The number of nitro groups is 1. The van der Waals surface area contributed by atoms with Crippen molar-refractivity contribution < 1.29 is 4.92 Å². The topological polar surface area (TPSA) is 43.1 Å². The number of benzene rings is 1. The molecule has 1 aromatic carbocycles. The zero-order chi connectivity index (χ0) is 12.3. The molecule has 0 aliphatic rings. The first-order chi connectivity index (χ1) is 7.47. The summed E-state index contributed by atoms with van der Waals surface area (Å²) in [4.78, 5) is 10.6. The molecule has 0 spiro atoms. The van der Waals surface area contributed by atoms with Crippen LogP contribution >= 0.6 is 11.6 Å². The van der Waals surface area contributed by atoms with Crippen LogP contribution < -0.4 is 0 Å². The summed E-state index contributed by atoms with van der Waals surface area (Å²) in [5.74, 6) is -0.00679. The van der Waals surface area contributed by atoms with Gasteiger partial charge in [-0.3, -0.25) is 10.1 Å². The number of hydrogen-bond donors (Lipinski definition) is 0. The molecule has 0 heterocycles. The van der Waals surface area contributed by atoms with Crippen molar-refractivity contribution in [2.75, 3.05) is 0 Å². The van der Waals surface area contributed by atoms with Gasteiger partial charge >= 0.3 is 0 Å². The number of nitrogens with zero attached hydrogens (tertiary/aromatic N) is 1. The van der Waals surface area contributed by atoms with Crippen LogP contribution in [-0.2, 0) is 0 Å². The number of alkyl halides is 1. The Hall–Kier alpha value is -1.09.